The molecule has 1 aliphatic carbocycles. The van der Waals surface area contributed by atoms with Crippen molar-refractivity contribution in [1.82, 2.24) is 25.1 Å². The summed E-state index contributed by atoms with van der Waals surface area (Å²) in [4.78, 5) is 4.43. The summed E-state index contributed by atoms with van der Waals surface area (Å²) < 4.78 is 7.99. The van der Waals surface area contributed by atoms with E-state index in [1.165, 1.54) is 5.56 Å². The first kappa shape index (κ1) is 17.0. The number of rotatable bonds is 2. The fourth-order valence-corrected chi connectivity index (χ4v) is 4.55. The lowest BCUT2D eigenvalue weighted by Gasteiger charge is -2.26. The Morgan fingerprint density at radius 2 is 1.93 bits per heavy atom. The van der Waals surface area contributed by atoms with Crippen molar-refractivity contribution >= 4 is 11.6 Å². The molecule has 7 heteroatoms. The molecule has 6 nitrogen and oxygen atoms in total. The molecule has 0 atom stereocenters. The highest BCUT2D eigenvalue weighted by Crippen LogP contribution is 2.40. The van der Waals surface area contributed by atoms with Crippen LogP contribution in [0.4, 0.5) is 0 Å². The van der Waals surface area contributed by atoms with Gasteiger partial charge in [0.1, 0.15) is 11.6 Å². The van der Waals surface area contributed by atoms with Crippen LogP contribution in [0.3, 0.4) is 0 Å². The molecule has 1 N–H and O–H groups in total. The molecule has 1 aromatic carbocycles. The lowest BCUT2D eigenvalue weighted by Crippen LogP contribution is -2.17. The molecule has 5 rings (SSSR count). The summed E-state index contributed by atoms with van der Waals surface area (Å²) in [6.45, 7) is 3.45. The van der Waals surface area contributed by atoms with Crippen LogP contribution in [-0.2, 0) is 13.1 Å². The van der Waals surface area contributed by atoms with Gasteiger partial charge in [0, 0.05) is 23.4 Å². The molecule has 1 saturated carbocycles. The number of oxazole rings is 1. The van der Waals surface area contributed by atoms with Crippen LogP contribution in [0, 0.1) is 6.92 Å². The van der Waals surface area contributed by atoms with Gasteiger partial charge < -0.3 is 9.73 Å². The third-order valence-corrected chi connectivity index (χ3v) is 5.95. The van der Waals surface area contributed by atoms with E-state index < -0.39 is 0 Å². The van der Waals surface area contributed by atoms with Gasteiger partial charge in [0.15, 0.2) is 11.7 Å². The summed E-state index contributed by atoms with van der Waals surface area (Å²) in [5.41, 5.74) is 2.33. The third kappa shape index (κ3) is 3.07. The third-order valence-electron chi connectivity index (χ3n) is 5.72. The molecule has 1 fully saturated rings. The summed E-state index contributed by atoms with van der Waals surface area (Å²) in [7, 11) is 0. The second-order valence-corrected chi connectivity index (χ2v) is 7.98. The van der Waals surface area contributed by atoms with Crippen LogP contribution in [0.1, 0.15) is 66.4 Å². The lowest BCUT2D eigenvalue weighted by molar-refractivity contribution is 0.326. The van der Waals surface area contributed by atoms with Crippen LogP contribution in [0.2, 0.25) is 5.02 Å². The Hall–Kier alpha value is -2.18. The van der Waals surface area contributed by atoms with Crippen molar-refractivity contribution in [2.45, 2.75) is 57.5 Å². The highest BCUT2D eigenvalue weighted by molar-refractivity contribution is 6.30. The van der Waals surface area contributed by atoms with Gasteiger partial charge in [0.05, 0.1) is 18.4 Å². The zero-order chi connectivity index (χ0) is 18.4. The van der Waals surface area contributed by atoms with Crippen molar-refractivity contribution in [1.29, 1.82) is 0 Å². The fourth-order valence-electron chi connectivity index (χ4n) is 4.35. The van der Waals surface area contributed by atoms with E-state index >= 15 is 0 Å². The van der Waals surface area contributed by atoms with Gasteiger partial charge in [0.2, 0.25) is 0 Å². The summed E-state index contributed by atoms with van der Waals surface area (Å²) >= 11 is 6.21. The molecule has 27 heavy (non-hydrogen) atoms. The predicted molar refractivity (Wildman–Crippen MR) is 102 cm³/mol. The smallest absolute Gasteiger partial charge is 0.197 e. The Labute approximate surface area is 163 Å². The largest absolute Gasteiger partial charge is 0.446 e. The van der Waals surface area contributed by atoms with Crippen molar-refractivity contribution in [2.75, 3.05) is 0 Å². The second kappa shape index (κ2) is 6.77. The Morgan fingerprint density at radius 1 is 1.11 bits per heavy atom. The Balaban J connectivity index is 1.43. The average Bonchev–Trinajstić information content (AvgIpc) is 3.25. The molecule has 0 spiro atoms. The number of nitrogens with one attached hydrogen (secondary N) is 1. The van der Waals surface area contributed by atoms with E-state index in [0.717, 1.165) is 66.2 Å². The molecule has 2 aliphatic rings. The van der Waals surface area contributed by atoms with Gasteiger partial charge in [-0.25, -0.2) is 4.98 Å². The van der Waals surface area contributed by atoms with Gasteiger partial charge in [-0.05, 0) is 56.4 Å². The molecule has 3 aromatic rings. The maximum absolute atomic E-state index is 6.21. The number of hydrogen-bond acceptors (Lipinski definition) is 5. The quantitative estimate of drug-likeness (QED) is 0.716. The molecule has 1 aliphatic heterocycles. The Bertz CT molecular complexity index is 971. The Kier molecular flexibility index (Phi) is 4.25. The highest BCUT2D eigenvalue weighted by atomic mass is 35.5. The number of benzene rings is 1. The van der Waals surface area contributed by atoms with Crippen molar-refractivity contribution < 1.29 is 4.42 Å². The monoisotopic (exact) mass is 383 g/mol. The van der Waals surface area contributed by atoms with E-state index in [4.69, 9.17) is 16.0 Å². The van der Waals surface area contributed by atoms with E-state index in [2.05, 4.69) is 31.1 Å². The average molecular weight is 384 g/mol. The van der Waals surface area contributed by atoms with Crippen molar-refractivity contribution in [2.24, 2.45) is 0 Å². The molecule has 0 bridgehead atoms. The molecule has 3 heterocycles. The molecule has 0 radical (unpaired) electrons. The number of aryl methyl sites for hydroxylation is 1. The number of hydrogen-bond donors (Lipinski definition) is 1. The highest BCUT2D eigenvalue weighted by Gasteiger charge is 2.31. The summed E-state index contributed by atoms with van der Waals surface area (Å²) in [6.07, 6.45) is 6.09. The normalized spacial score (nSPS) is 22.1. The minimum atomic E-state index is 0.403. The van der Waals surface area contributed by atoms with Crippen LogP contribution in [0.25, 0.3) is 5.69 Å². The van der Waals surface area contributed by atoms with Crippen molar-refractivity contribution in [3.63, 3.8) is 0 Å². The van der Waals surface area contributed by atoms with E-state index in [1.54, 1.807) is 0 Å². The van der Waals surface area contributed by atoms with Crippen LogP contribution >= 0.6 is 11.6 Å². The van der Waals surface area contributed by atoms with Gasteiger partial charge in [-0.1, -0.05) is 11.6 Å². The molecule has 2 aromatic heterocycles. The lowest BCUT2D eigenvalue weighted by atomic mass is 9.81. The molecule has 0 amide bonds. The zero-order valence-electron chi connectivity index (χ0n) is 15.3. The maximum Gasteiger partial charge on any atom is 0.197 e. The SMILES string of the molecule is Cc1cnc(C2CCC(c3nnc4n3-c3ccc(Cl)cc3CNC4)CC2)o1. The van der Waals surface area contributed by atoms with Gasteiger partial charge in [-0.3, -0.25) is 4.57 Å². The standard InChI is InChI=1S/C20H22ClN5O/c1-12-9-23-20(27-12)14-4-2-13(3-5-14)19-25-24-18-11-22-10-15-8-16(21)6-7-17(15)26(18)19/h6-9,13-14,22H,2-5,10-11H2,1H3. The van der Waals surface area contributed by atoms with Crippen molar-refractivity contribution in [3.8, 4) is 5.69 Å². The van der Waals surface area contributed by atoms with E-state index in [-0.39, 0.29) is 0 Å². The topological polar surface area (TPSA) is 68.8 Å². The van der Waals surface area contributed by atoms with Gasteiger partial charge in [0.25, 0.3) is 0 Å². The van der Waals surface area contributed by atoms with Crippen LogP contribution in [0.5, 0.6) is 0 Å². The summed E-state index contributed by atoms with van der Waals surface area (Å²) in [5, 5.41) is 13.3. The van der Waals surface area contributed by atoms with Gasteiger partial charge >= 0.3 is 0 Å². The van der Waals surface area contributed by atoms with E-state index in [9.17, 15) is 0 Å². The zero-order valence-corrected chi connectivity index (χ0v) is 16.0. The number of fused-ring (bicyclic) bond motifs is 3. The van der Waals surface area contributed by atoms with Crippen LogP contribution in [0.15, 0.2) is 28.8 Å². The second-order valence-electron chi connectivity index (χ2n) is 7.54. The summed E-state index contributed by atoms with van der Waals surface area (Å²) in [6, 6.07) is 6.06. The molecular formula is C20H22ClN5O. The molecule has 0 saturated heterocycles. The Morgan fingerprint density at radius 3 is 2.70 bits per heavy atom. The number of aromatic nitrogens is 4. The number of halogens is 1. The number of nitrogens with zero attached hydrogens (tertiary/aromatic N) is 4. The first-order valence-corrected chi connectivity index (χ1v) is 9.93. The van der Waals surface area contributed by atoms with E-state index in [1.807, 2.05) is 25.3 Å². The van der Waals surface area contributed by atoms with E-state index in [0.29, 0.717) is 18.4 Å². The minimum Gasteiger partial charge on any atom is -0.446 e. The molecule has 140 valence electrons. The van der Waals surface area contributed by atoms with Crippen molar-refractivity contribution in [3.05, 3.63) is 58.3 Å². The predicted octanol–water partition coefficient (Wildman–Crippen LogP) is 4.26. The summed E-state index contributed by atoms with van der Waals surface area (Å²) in [5.74, 6) is 4.62. The fraction of sp³-hybridized carbons (Fsp3) is 0.450. The first-order chi connectivity index (χ1) is 13.2. The van der Waals surface area contributed by atoms with Crippen LogP contribution in [-0.4, -0.2) is 19.7 Å². The first-order valence-electron chi connectivity index (χ1n) is 9.55. The minimum absolute atomic E-state index is 0.403. The molecule has 0 unspecified atom stereocenters. The van der Waals surface area contributed by atoms with Crippen LogP contribution < -0.4 is 5.32 Å². The van der Waals surface area contributed by atoms with Gasteiger partial charge in [-0.2, -0.15) is 0 Å². The molecular weight excluding hydrogens is 362 g/mol. The maximum atomic E-state index is 6.21. The van der Waals surface area contributed by atoms with Gasteiger partial charge in [-0.15, -0.1) is 10.2 Å².